The van der Waals surface area contributed by atoms with Crippen molar-refractivity contribution in [2.75, 3.05) is 0 Å². The molecule has 2 N–H and O–H groups in total. The molecule has 0 saturated carbocycles. The van der Waals surface area contributed by atoms with Crippen molar-refractivity contribution in [2.45, 2.75) is 56.8 Å². The third-order valence-electron chi connectivity index (χ3n) is 5.50. The van der Waals surface area contributed by atoms with Gasteiger partial charge in [0.2, 0.25) is 11.8 Å². The first-order valence-electron chi connectivity index (χ1n) is 8.45. The van der Waals surface area contributed by atoms with Crippen molar-refractivity contribution in [3.05, 3.63) is 35.9 Å². The summed E-state index contributed by atoms with van der Waals surface area (Å²) in [4.78, 5) is 26.2. The molecular weight excluding hydrogens is 333 g/mol. The number of benzene rings is 1. The molecule has 2 amide bonds. The molecule has 0 aliphatic carbocycles. The molecule has 2 fully saturated rings. The molecule has 0 aromatic heterocycles. The van der Waals surface area contributed by atoms with Crippen LogP contribution in [0.1, 0.15) is 37.7 Å². The molecule has 0 radical (unpaired) electrons. The maximum Gasteiger partial charge on any atom is 0.389 e. The fraction of sp³-hybridized carbons (Fsp3) is 0.556. The van der Waals surface area contributed by atoms with E-state index in [4.69, 9.17) is 5.73 Å². The lowest BCUT2D eigenvalue weighted by molar-refractivity contribution is -0.150. The van der Waals surface area contributed by atoms with Crippen LogP contribution in [0.15, 0.2) is 30.3 Å². The van der Waals surface area contributed by atoms with Gasteiger partial charge < -0.3 is 10.6 Å². The zero-order chi connectivity index (χ0) is 18.2. The highest BCUT2D eigenvalue weighted by Gasteiger charge is 2.60. The minimum atomic E-state index is -4.36. The summed E-state index contributed by atoms with van der Waals surface area (Å²) in [6, 6.07) is 8.79. The molecule has 3 atom stereocenters. The molecule has 2 bridgehead atoms. The number of hydrogen-bond acceptors (Lipinski definition) is 2. The van der Waals surface area contributed by atoms with Crippen molar-refractivity contribution in [1.29, 1.82) is 0 Å². The van der Waals surface area contributed by atoms with Crippen LogP contribution in [0.2, 0.25) is 0 Å². The Kier molecular flexibility index (Phi) is 4.51. The van der Waals surface area contributed by atoms with Gasteiger partial charge in [0.25, 0.3) is 0 Å². The number of primary amides is 1. The third kappa shape index (κ3) is 3.37. The molecule has 1 aromatic carbocycles. The maximum absolute atomic E-state index is 12.4. The molecule has 0 spiro atoms. The predicted octanol–water partition coefficient (Wildman–Crippen LogP) is 2.81. The average Bonchev–Trinajstić information content (AvgIpc) is 3.09. The molecular formula is C18H21F3N2O2. The summed E-state index contributed by atoms with van der Waals surface area (Å²) in [5.74, 6) is -1.00. The van der Waals surface area contributed by atoms with Crippen LogP contribution < -0.4 is 5.73 Å². The van der Waals surface area contributed by atoms with Gasteiger partial charge in [-0.15, -0.1) is 0 Å². The lowest BCUT2D eigenvalue weighted by atomic mass is 9.69. The molecule has 2 aliphatic rings. The van der Waals surface area contributed by atoms with Crippen LogP contribution in [0, 0.1) is 5.41 Å². The van der Waals surface area contributed by atoms with Gasteiger partial charge >= 0.3 is 6.18 Å². The summed E-state index contributed by atoms with van der Waals surface area (Å²) in [5, 5.41) is 0. The van der Waals surface area contributed by atoms with Crippen molar-refractivity contribution in [1.82, 2.24) is 4.90 Å². The number of nitrogens with two attached hydrogens (primary N) is 1. The second-order valence-electron chi connectivity index (χ2n) is 7.05. The Morgan fingerprint density at radius 3 is 2.48 bits per heavy atom. The van der Waals surface area contributed by atoms with Crippen molar-refractivity contribution < 1.29 is 22.8 Å². The number of carbonyl (C=O) groups is 2. The fourth-order valence-corrected chi connectivity index (χ4v) is 4.44. The van der Waals surface area contributed by atoms with E-state index >= 15 is 0 Å². The largest absolute Gasteiger partial charge is 0.389 e. The Morgan fingerprint density at radius 1 is 1.20 bits per heavy atom. The van der Waals surface area contributed by atoms with Crippen LogP contribution in [-0.2, 0) is 16.0 Å². The topological polar surface area (TPSA) is 63.4 Å². The molecule has 25 heavy (non-hydrogen) atoms. The Balaban J connectivity index is 1.81. The van der Waals surface area contributed by atoms with E-state index in [2.05, 4.69) is 0 Å². The summed E-state index contributed by atoms with van der Waals surface area (Å²) in [6.07, 6.45) is -3.91. The lowest BCUT2D eigenvalue weighted by Gasteiger charge is -2.34. The Hall–Kier alpha value is -2.05. The Bertz CT molecular complexity index is 662. The number of halogens is 3. The van der Waals surface area contributed by atoms with E-state index in [1.807, 2.05) is 30.3 Å². The van der Waals surface area contributed by atoms with Gasteiger partial charge in [-0.3, -0.25) is 9.59 Å². The van der Waals surface area contributed by atoms with Crippen molar-refractivity contribution in [2.24, 2.45) is 11.1 Å². The molecule has 3 rings (SSSR count). The fourth-order valence-electron chi connectivity index (χ4n) is 4.44. The standard InChI is InChI=1S/C18H21F3N2O2/c19-18(20,21)9-8-15(24)23-13-6-7-14(23)17(11-13,16(22)25)10-12-4-2-1-3-5-12/h1-5,13-14H,6-11H2,(H2,22,25)/t13-,14+,17+/m0/s1. The third-order valence-corrected chi connectivity index (χ3v) is 5.50. The maximum atomic E-state index is 12.4. The summed E-state index contributed by atoms with van der Waals surface area (Å²) in [6.45, 7) is 0. The zero-order valence-corrected chi connectivity index (χ0v) is 13.8. The first kappa shape index (κ1) is 17.8. The van der Waals surface area contributed by atoms with Crippen LogP contribution in [0.4, 0.5) is 13.2 Å². The van der Waals surface area contributed by atoms with Gasteiger partial charge in [0, 0.05) is 18.5 Å². The normalized spacial score (nSPS) is 28.4. The van der Waals surface area contributed by atoms with E-state index in [1.54, 1.807) is 0 Å². The highest BCUT2D eigenvalue weighted by atomic mass is 19.4. The molecule has 1 aromatic rings. The number of amides is 2. The van der Waals surface area contributed by atoms with Gasteiger partial charge in [0.05, 0.1) is 11.8 Å². The highest BCUT2D eigenvalue weighted by Crippen LogP contribution is 2.51. The molecule has 4 nitrogen and oxygen atoms in total. The minimum Gasteiger partial charge on any atom is -0.369 e. The van der Waals surface area contributed by atoms with Gasteiger partial charge in [-0.1, -0.05) is 30.3 Å². The Morgan fingerprint density at radius 2 is 1.88 bits per heavy atom. The van der Waals surface area contributed by atoms with Gasteiger partial charge in [0.15, 0.2) is 0 Å². The first-order chi connectivity index (χ1) is 11.7. The second-order valence-corrected chi connectivity index (χ2v) is 7.05. The Labute approximate surface area is 144 Å². The van der Waals surface area contributed by atoms with Crippen LogP contribution in [0.25, 0.3) is 0 Å². The van der Waals surface area contributed by atoms with Gasteiger partial charge in [-0.05, 0) is 31.2 Å². The molecule has 2 saturated heterocycles. The number of rotatable bonds is 5. The second kappa shape index (κ2) is 6.35. The van der Waals surface area contributed by atoms with Gasteiger partial charge in [0.1, 0.15) is 0 Å². The van der Waals surface area contributed by atoms with Crippen LogP contribution >= 0.6 is 0 Å². The van der Waals surface area contributed by atoms with E-state index in [-0.39, 0.29) is 6.04 Å². The van der Waals surface area contributed by atoms with Crippen molar-refractivity contribution in [3.8, 4) is 0 Å². The van der Waals surface area contributed by atoms with Crippen molar-refractivity contribution in [3.63, 3.8) is 0 Å². The number of hydrogen-bond donors (Lipinski definition) is 1. The molecule has 7 heteroatoms. The van der Waals surface area contributed by atoms with Crippen molar-refractivity contribution >= 4 is 11.8 Å². The quantitative estimate of drug-likeness (QED) is 0.884. The molecule has 2 aliphatic heterocycles. The summed E-state index contributed by atoms with van der Waals surface area (Å²) in [7, 11) is 0. The summed E-state index contributed by atoms with van der Waals surface area (Å²) >= 11 is 0. The number of alkyl halides is 3. The van der Waals surface area contributed by atoms with Crippen LogP contribution in [0.3, 0.4) is 0 Å². The van der Waals surface area contributed by atoms with E-state index < -0.39 is 42.3 Å². The SMILES string of the molecule is NC(=O)[C@]1(Cc2ccccc2)C[C@@H]2CC[C@H]1N2C(=O)CCC(F)(F)F. The minimum absolute atomic E-state index is 0.193. The van der Waals surface area contributed by atoms with E-state index in [0.717, 1.165) is 5.56 Å². The molecule has 2 heterocycles. The summed E-state index contributed by atoms with van der Waals surface area (Å²) in [5.41, 5.74) is 5.77. The highest BCUT2D eigenvalue weighted by molar-refractivity contribution is 5.86. The zero-order valence-electron chi connectivity index (χ0n) is 13.8. The number of fused-ring (bicyclic) bond motifs is 2. The van der Waals surface area contributed by atoms with Gasteiger partial charge in [-0.2, -0.15) is 13.2 Å². The van der Waals surface area contributed by atoms with E-state index in [9.17, 15) is 22.8 Å². The summed E-state index contributed by atoms with van der Waals surface area (Å²) < 4.78 is 37.3. The first-order valence-corrected chi connectivity index (χ1v) is 8.45. The molecule has 0 unspecified atom stereocenters. The average molecular weight is 354 g/mol. The number of nitrogens with zero attached hydrogens (tertiary/aromatic N) is 1. The number of carbonyl (C=O) groups excluding carboxylic acids is 2. The van der Waals surface area contributed by atoms with Gasteiger partial charge in [-0.25, -0.2) is 0 Å². The predicted molar refractivity (Wildman–Crippen MR) is 85.3 cm³/mol. The lowest BCUT2D eigenvalue weighted by Crippen LogP contribution is -2.49. The smallest absolute Gasteiger partial charge is 0.369 e. The molecule has 136 valence electrons. The van der Waals surface area contributed by atoms with Crippen LogP contribution in [-0.4, -0.2) is 35.0 Å². The van der Waals surface area contributed by atoms with E-state index in [1.165, 1.54) is 4.90 Å². The van der Waals surface area contributed by atoms with E-state index in [0.29, 0.717) is 25.7 Å². The monoisotopic (exact) mass is 354 g/mol. The van der Waals surface area contributed by atoms with Crippen LogP contribution in [0.5, 0.6) is 0 Å².